The third-order valence-electron chi connectivity index (χ3n) is 6.12. The minimum atomic E-state index is -0.0676. The maximum Gasteiger partial charge on any atom is 0.153 e. The number of carbonyl (C=O) groups is 1. The summed E-state index contributed by atoms with van der Waals surface area (Å²) in [5.74, 6) is 0.497. The van der Waals surface area contributed by atoms with Crippen molar-refractivity contribution in [3.05, 3.63) is 77.5 Å². The van der Waals surface area contributed by atoms with Crippen LogP contribution in [0.2, 0.25) is 0 Å². The lowest BCUT2D eigenvalue weighted by molar-refractivity contribution is -0.125. The summed E-state index contributed by atoms with van der Waals surface area (Å²) >= 11 is 0. The van der Waals surface area contributed by atoms with Crippen LogP contribution in [0.3, 0.4) is 0 Å². The van der Waals surface area contributed by atoms with Crippen LogP contribution in [0, 0.1) is 5.92 Å². The van der Waals surface area contributed by atoms with E-state index in [0.717, 1.165) is 32.2 Å². The number of fused-ring (bicyclic) bond motifs is 3. The van der Waals surface area contributed by atoms with Crippen molar-refractivity contribution in [2.45, 2.75) is 31.7 Å². The minimum absolute atomic E-state index is 0.0676. The zero-order valence-corrected chi connectivity index (χ0v) is 15.4. The minimum Gasteiger partial charge on any atom is -0.358 e. The van der Waals surface area contributed by atoms with Crippen molar-refractivity contribution in [3.63, 3.8) is 0 Å². The first-order valence-electron chi connectivity index (χ1n) is 9.89. The maximum absolute atomic E-state index is 13.3. The Bertz CT molecular complexity index is 1020. The Balaban J connectivity index is 1.35. The predicted octanol–water partition coefficient (Wildman–Crippen LogP) is 4.29. The van der Waals surface area contributed by atoms with Crippen LogP contribution in [0.4, 0.5) is 0 Å². The zero-order chi connectivity index (χ0) is 18.2. The molecule has 0 fully saturated rings. The Labute approximate surface area is 159 Å². The van der Waals surface area contributed by atoms with Crippen molar-refractivity contribution in [1.29, 1.82) is 0 Å². The van der Waals surface area contributed by atoms with E-state index in [1.807, 2.05) is 6.07 Å². The number of hydrogen-bond acceptors (Lipinski definition) is 2. The number of carbonyl (C=O) groups excluding carboxylic acids is 1. The standard InChI is InChI=1S/C24H24N2O/c27-24(23-15-17(12-13-25-23)16-6-2-1-3-7-16)18-10-11-22-20(14-18)19-8-4-5-9-21(19)26-22/h1-9,12,18,23,25-26H,10-11,13-15H2. The highest BCUT2D eigenvalue weighted by Gasteiger charge is 2.32. The quantitative estimate of drug-likeness (QED) is 0.735. The second-order valence-electron chi connectivity index (χ2n) is 7.73. The third-order valence-corrected chi connectivity index (χ3v) is 6.12. The summed E-state index contributed by atoms with van der Waals surface area (Å²) in [7, 11) is 0. The Morgan fingerprint density at radius 2 is 1.78 bits per heavy atom. The van der Waals surface area contributed by atoms with Crippen LogP contribution in [-0.4, -0.2) is 23.4 Å². The van der Waals surface area contributed by atoms with Crippen LogP contribution in [-0.2, 0) is 17.6 Å². The van der Waals surface area contributed by atoms with Gasteiger partial charge in [-0.05, 0) is 48.4 Å². The van der Waals surface area contributed by atoms with Gasteiger partial charge in [-0.15, -0.1) is 0 Å². The molecule has 1 aliphatic heterocycles. The summed E-state index contributed by atoms with van der Waals surface area (Å²) < 4.78 is 0. The number of H-pyrrole nitrogens is 1. The van der Waals surface area contributed by atoms with E-state index in [1.54, 1.807) is 0 Å². The molecule has 1 aromatic heterocycles. The number of benzene rings is 2. The smallest absolute Gasteiger partial charge is 0.153 e. The lowest BCUT2D eigenvalue weighted by atomic mass is 9.79. The molecular weight excluding hydrogens is 332 g/mol. The summed E-state index contributed by atoms with van der Waals surface area (Å²) in [5, 5.41) is 4.72. The average Bonchev–Trinajstić information content (AvgIpc) is 3.12. The predicted molar refractivity (Wildman–Crippen MR) is 110 cm³/mol. The highest BCUT2D eigenvalue weighted by molar-refractivity contribution is 5.91. The summed E-state index contributed by atoms with van der Waals surface area (Å²) in [4.78, 5) is 16.8. The van der Waals surface area contributed by atoms with Crippen molar-refractivity contribution in [1.82, 2.24) is 10.3 Å². The van der Waals surface area contributed by atoms with Crippen LogP contribution in [0.15, 0.2) is 60.7 Å². The maximum atomic E-state index is 13.3. The van der Waals surface area contributed by atoms with E-state index in [4.69, 9.17) is 0 Å². The highest BCUT2D eigenvalue weighted by Crippen LogP contribution is 2.33. The Morgan fingerprint density at radius 3 is 2.67 bits per heavy atom. The fourth-order valence-electron chi connectivity index (χ4n) is 4.69. The van der Waals surface area contributed by atoms with E-state index >= 15 is 0 Å². The molecule has 1 aliphatic carbocycles. The van der Waals surface area contributed by atoms with Gasteiger partial charge in [0.15, 0.2) is 5.78 Å². The van der Waals surface area contributed by atoms with Gasteiger partial charge in [-0.25, -0.2) is 0 Å². The van der Waals surface area contributed by atoms with E-state index in [1.165, 1.54) is 33.3 Å². The Hall–Kier alpha value is -2.65. The van der Waals surface area contributed by atoms with Crippen molar-refractivity contribution >= 4 is 22.3 Å². The lowest BCUT2D eigenvalue weighted by Gasteiger charge is -2.29. The van der Waals surface area contributed by atoms with Crippen molar-refractivity contribution in [2.75, 3.05) is 6.54 Å². The first kappa shape index (κ1) is 16.5. The van der Waals surface area contributed by atoms with Gasteiger partial charge in [-0.3, -0.25) is 4.79 Å². The molecular formula is C24H24N2O. The fraction of sp³-hybridized carbons (Fsp3) is 0.292. The van der Waals surface area contributed by atoms with Gasteiger partial charge in [0.2, 0.25) is 0 Å². The number of aromatic nitrogens is 1. The van der Waals surface area contributed by atoms with Crippen LogP contribution in [0.5, 0.6) is 0 Å². The number of Topliss-reactive ketones (excluding diaryl/α,β-unsaturated/α-hetero) is 1. The number of aromatic amines is 1. The normalized spacial score (nSPS) is 22.3. The molecule has 136 valence electrons. The second-order valence-corrected chi connectivity index (χ2v) is 7.73. The van der Waals surface area contributed by atoms with Crippen molar-refractivity contribution < 1.29 is 4.79 Å². The summed E-state index contributed by atoms with van der Waals surface area (Å²) in [5.41, 5.74) is 6.39. The van der Waals surface area contributed by atoms with Gasteiger partial charge in [0.1, 0.15) is 0 Å². The number of para-hydroxylation sites is 1. The highest BCUT2D eigenvalue weighted by atomic mass is 16.1. The van der Waals surface area contributed by atoms with Crippen LogP contribution in [0.25, 0.3) is 16.5 Å². The Morgan fingerprint density at radius 1 is 0.963 bits per heavy atom. The van der Waals surface area contributed by atoms with Gasteiger partial charge >= 0.3 is 0 Å². The van der Waals surface area contributed by atoms with E-state index in [2.05, 4.69) is 64.9 Å². The number of hydrogen-bond donors (Lipinski definition) is 2. The van der Waals surface area contributed by atoms with E-state index < -0.39 is 0 Å². The molecule has 3 nitrogen and oxygen atoms in total. The summed E-state index contributed by atoms with van der Waals surface area (Å²) in [6, 6.07) is 18.8. The molecule has 3 aromatic rings. The SMILES string of the molecule is O=C(C1CCc2[nH]c3ccccc3c2C1)C1CC(c2ccccc2)=CCN1. The first-order valence-corrected chi connectivity index (χ1v) is 9.89. The second kappa shape index (κ2) is 6.82. The molecule has 5 rings (SSSR count). The van der Waals surface area contributed by atoms with E-state index in [9.17, 15) is 4.79 Å². The molecule has 2 N–H and O–H groups in total. The molecule has 0 saturated carbocycles. The molecule has 0 saturated heterocycles. The number of nitrogens with one attached hydrogen (secondary N) is 2. The molecule has 2 unspecified atom stereocenters. The topological polar surface area (TPSA) is 44.9 Å². The molecule has 27 heavy (non-hydrogen) atoms. The monoisotopic (exact) mass is 356 g/mol. The van der Waals surface area contributed by atoms with E-state index in [-0.39, 0.29) is 12.0 Å². The molecule has 0 spiro atoms. The molecule has 0 radical (unpaired) electrons. The molecule has 0 amide bonds. The third kappa shape index (κ3) is 3.02. The summed E-state index contributed by atoms with van der Waals surface area (Å²) in [6.07, 6.45) is 5.79. The molecule has 3 heteroatoms. The van der Waals surface area contributed by atoms with Gasteiger partial charge in [0.25, 0.3) is 0 Å². The first-order chi connectivity index (χ1) is 13.3. The molecule has 2 aromatic carbocycles. The fourth-order valence-corrected chi connectivity index (χ4v) is 4.69. The van der Waals surface area contributed by atoms with Gasteiger partial charge in [-0.2, -0.15) is 0 Å². The summed E-state index contributed by atoms with van der Waals surface area (Å²) in [6.45, 7) is 0.770. The van der Waals surface area contributed by atoms with Crippen LogP contribution in [0.1, 0.15) is 29.7 Å². The number of ketones is 1. The van der Waals surface area contributed by atoms with Crippen molar-refractivity contribution in [2.24, 2.45) is 5.92 Å². The Kier molecular flexibility index (Phi) is 4.17. The zero-order valence-electron chi connectivity index (χ0n) is 15.4. The largest absolute Gasteiger partial charge is 0.358 e. The molecule has 2 aliphatic rings. The van der Waals surface area contributed by atoms with Gasteiger partial charge in [0, 0.05) is 29.1 Å². The molecule has 2 atom stereocenters. The van der Waals surface area contributed by atoms with Gasteiger partial charge in [-0.1, -0.05) is 54.6 Å². The lowest BCUT2D eigenvalue weighted by Crippen LogP contribution is -2.43. The van der Waals surface area contributed by atoms with Crippen LogP contribution >= 0.6 is 0 Å². The van der Waals surface area contributed by atoms with Crippen LogP contribution < -0.4 is 5.32 Å². The van der Waals surface area contributed by atoms with Crippen molar-refractivity contribution in [3.8, 4) is 0 Å². The molecule has 2 heterocycles. The van der Waals surface area contributed by atoms with E-state index in [0.29, 0.717) is 5.78 Å². The average molecular weight is 356 g/mol. The number of rotatable bonds is 3. The number of aryl methyl sites for hydroxylation is 1. The van der Waals surface area contributed by atoms with Gasteiger partial charge in [0.05, 0.1) is 6.04 Å². The molecule has 0 bridgehead atoms. The van der Waals surface area contributed by atoms with Gasteiger partial charge < -0.3 is 10.3 Å².